The maximum Gasteiger partial charge on any atom is 0.288 e. The van der Waals surface area contributed by atoms with Gasteiger partial charge < -0.3 is 10.5 Å². The van der Waals surface area contributed by atoms with Gasteiger partial charge in [-0.05, 0) is 35.9 Å². The molecule has 0 saturated heterocycles. The molecule has 0 unspecified atom stereocenters. The highest BCUT2D eigenvalue weighted by Gasteiger charge is 2.35. The van der Waals surface area contributed by atoms with Crippen LogP contribution in [0.15, 0.2) is 53.9 Å². The van der Waals surface area contributed by atoms with E-state index in [1.165, 1.54) is 36.5 Å². The number of amidine groups is 1. The van der Waals surface area contributed by atoms with Crippen LogP contribution in [0.25, 0.3) is 0 Å². The molecule has 0 bridgehead atoms. The number of halogens is 3. The van der Waals surface area contributed by atoms with Gasteiger partial charge in [-0.2, -0.15) is 0 Å². The number of benzene rings is 1. The van der Waals surface area contributed by atoms with Gasteiger partial charge in [0.25, 0.3) is 6.02 Å². The van der Waals surface area contributed by atoms with Crippen molar-refractivity contribution < 1.29 is 18.3 Å². The summed E-state index contributed by atoms with van der Waals surface area (Å²) >= 11 is 5.75. The van der Waals surface area contributed by atoms with Crippen LogP contribution in [0.1, 0.15) is 21.6 Å². The molecule has 134 valence electrons. The molecule has 0 saturated carbocycles. The van der Waals surface area contributed by atoms with Crippen molar-refractivity contribution in [2.75, 3.05) is 6.67 Å². The molecule has 2 N–H and O–H groups in total. The Morgan fingerprint density at radius 1 is 1.31 bits per heavy atom. The third kappa shape index (κ3) is 3.57. The quantitative estimate of drug-likeness (QED) is 0.811. The van der Waals surface area contributed by atoms with E-state index in [1.54, 1.807) is 6.07 Å². The van der Waals surface area contributed by atoms with Gasteiger partial charge in [0.1, 0.15) is 23.7 Å². The smallest absolute Gasteiger partial charge is 0.288 e. The molecule has 2 aromatic rings. The maximum absolute atomic E-state index is 14.4. The number of aliphatic imine (C=N–C) groups is 1. The Kier molecular flexibility index (Phi) is 4.99. The predicted octanol–water partition coefficient (Wildman–Crippen LogP) is 3.32. The molecule has 0 fully saturated rings. The van der Waals surface area contributed by atoms with E-state index in [1.807, 2.05) is 0 Å². The van der Waals surface area contributed by atoms with E-state index in [4.69, 9.17) is 22.1 Å². The molecule has 0 aliphatic carbocycles. The highest BCUT2D eigenvalue weighted by atomic mass is 35.5. The Bertz CT molecular complexity index is 900. The van der Waals surface area contributed by atoms with E-state index in [-0.39, 0.29) is 29.5 Å². The molecule has 0 radical (unpaired) electrons. The topological polar surface area (TPSA) is 77.6 Å². The predicted molar refractivity (Wildman–Crippen MR) is 93.2 cm³/mol. The summed E-state index contributed by atoms with van der Waals surface area (Å²) < 4.78 is 32.9. The second-order valence-electron chi connectivity index (χ2n) is 5.70. The fourth-order valence-corrected chi connectivity index (χ4v) is 2.72. The number of alkyl halides is 1. The second-order valence-corrected chi connectivity index (χ2v) is 6.14. The average molecular weight is 378 g/mol. The molecule has 5 nitrogen and oxygen atoms in total. The highest BCUT2D eigenvalue weighted by Crippen LogP contribution is 2.33. The number of aromatic nitrogens is 1. The molecule has 3 rings (SSSR count). The first-order valence-electron chi connectivity index (χ1n) is 7.63. The Morgan fingerprint density at radius 2 is 2.12 bits per heavy atom. The van der Waals surface area contributed by atoms with Gasteiger partial charge in [-0.15, -0.1) is 0 Å². The van der Waals surface area contributed by atoms with Crippen LogP contribution in [0.2, 0.25) is 5.02 Å². The van der Waals surface area contributed by atoms with E-state index in [9.17, 15) is 13.6 Å². The van der Waals surface area contributed by atoms with Crippen molar-refractivity contribution in [2.45, 2.75) is 12.0 Å². The molecule has 26 heavy (non-hydrogen) atoms. The number of nitrogens with zero attached hydrogens (tertiary/aromatic N) is 2. The monoisotopic (exact) mass is 377 g/mol. The number of rotatable bonds is 5. The third-order valence-corrected chi connectivity index (χ3v) is 4.14. The number of hydrogen-bond donors (Lipinski definition) is 1. The SMILES string of the molecule is NC1=N[C@](CF)(c2cc(CC(=O)c3ccc(Cl)cn3)ccc2F)C=CO1. The van der Waals surface area contributed by atoms with Crippen LogP contribution < -0.4 is 5.73 Å². The minimum Gasteiger partial charge on any atom is -0.434 e. The minimum absolute atomic E-state index is 0.0307. The standard InChI is InChI=1S/C18H14ClF2N3O2/c19-12-2-4-15(23-9-12)16(25)8-11-1-3-14(21)13(7-11)18(10-20)5-6-26-17(22)24-18/h1-7,9H,8,10H2,(H2,22,24)/t18-/m1/s1. The largest absolute Gasteiger partial charge is 0.434 e. The summed E-state index contributed by atoms with van der Waals surface area (Å²) in [6.07, 6.45) is 3.78. The number of carbonyl (C=O) groups is 1. The van der Waals surface area contributed by atoms with Gasteiger partial charge in [-0.1, -0.05) is 17.7 Å². The number of Topliss-reactive ketones (excluding diaryl/α,β-unsaturated/α-hetero) is 1. The molecular formula is C18H14ClF2N3O2. The molecular weight excluding hydrogens is 364 g/mol. The second kappa shape index (κ2) is 7.21. The minimum atomic E-state index is -1.62. The third-order valence-electron chi connectivity index (χ3n) is 3.92. The molecule has 0 spiro atoms. The number of ether oxygens (including phenoxy) is 1. The van der Waals surface area contributed by atoms with Gasteiger partial charge in [-0.3, -0.25) is 9.78 Å². The van der Waals surface area contributed by atoms with E-state index in [0.717, 1.165) is 6.26 Å². The van der Waals surface area contributed by atoms with Gasteiger partial charge in [0, 0.05) is 18.2 Å². The summed E-state index contributed by atoms with van der Waals surface area (Å²) in [6, 6.07) is 6.81. The molecule has 0 amide bonds. The van der Waals surface area contributed by atoms with E-state index in [2.05, 4.69) is 9.98 Å². The zero-order chi connectivity index (χ0) is 18.7. The van der Waals surface area contributed by atoms with Crippen LogP contribution in [-0.4, -0.2) is 23.5 Å². The molecule has 8 heteroatoms. The highest BCUT2D eigenvalue weighted by molar-refractivity contribution is 6.30. The lowest BCUT2D eigenvalue weighted by Gasteiger charge is -2.27. The number of nitrogens with two attached hydrogens (primary N) is 1. The first-order valence-corrected chi connectivity index (χ1v) is 8.00. The van der Waals surface area contributed by atoms with Crippen molar-refractivity contribution in [1.82, 2.24) is 4.98 Å². The van der Waals surface area contributed by atoms with Crippen molar-refractivity contribution >= 4 is 23.4 Å². The maximum atomic E-state index is 14.4. The Hall–Kier alpha value is -2.80. The summed E-state index contributed by atoms with van der Waals surface area (Å²) in [7, 11) is 0. The Morgan fingerprint density at radius 3 is 2.77 bits per heavy atom. The Balaban J connectivity index is 1.93. The van der Waals surface area contributed by atoms with Crippen molar-refractivity contribution in [1.29, 1.82) is 0 Å². The first kappa shape index (κ1) is 18.0. The van der Waals surface area contributed by atoms with Gasteiger partial charge >= 0.3 is 0 Å². The van der Waals surface area contributed by atoms with Crippen LogP contribution in [0.5, 0.6) is 0 Å². The molecule has 1 atom stereocenters. The zero-order valence-electron chi connectivity index (χ0n) is 13.5. The number of pyridine rings is 1. The normalized spacial score (nSPS) is 19.0. The summed E-state index contributed by atoms with van der Waals surface area (Å²) in [5.74, 6) is -0.939. The number of hydrogen-bond acceptors (Lipinski definition) is 5. The van der Waals surface area contributed by atoms with Crippen molar-refractivity contribution in [2.24, 2.45) is 10.7 Å². The van der Waals surface area contributed by atoms with Crippen LogP contribution in [-0.2, 0) is 16.7 Å². The molecule has 2 heterocycles. The number of carbonyl (C=O) groups excluding carboxylic acids is 1. The lowest BCUT2D eigenvalue weighted by atomic mass is 9.89. The van der Waals surface area contributed by atoms with Gasteiger partial charge in [-0.25, -0.2) is 13.8 Å². The lowest BCUT2D eigenvalue weighted by molar-refractivity contribution is 0.0988. The van der Waals surface area contributed by atoms with Gasteiger partial charge in [0.2, 0.25) is 0 Å². The molecule has 1 aromatic carbocycles. The Labute approximate surface area is 153 Å². The van der Waals surface area contributed by atoms with Crippen LogP contribution in [0.4, 0.5) is 8.78 Å². The fraction of sp³-hybridized carbons (Fsp3) is 0.167. The van der Waals surface area contributed by atoms with Crippen LogP contribution in [0.3, 0.4) is 0 Å². The van der Waals surface area contributed by atoms with Crippen LogP contribution in [0, 0.1) is 5.82 Å². The van der Waals surface area contributed by atoms with Crippen molar-refractivity contribution in [3.05, 3.63) is 76.5 Å². The van der Waals surface area contributed by atoms with Crippen LogP contribution >= 0.6 is 11.6 Å². The van der Waals surface area contributed by atoms with Gasteiger partial charge in [0.15, 0.2) is 5.78 Å². The molecule has 1 aliphatic rings. The zero-order valence-corrected chi connectivity index (χ0v) is 14.2. The summed E-state index contributed by atoms with van der Waals surface area (Å²) in [6.45, 7) is -1.01. The van der Waals surface area contributed by atoms with E-state index >= 15 is 0 Å². The van der Waals surface area contributed by atoms with Crippen molar-refractivity contribution in [3.8, 4) is 0 Å². The van der Waals surface area contributed by atoms with E-state index in [0.29, 0.717) is 10.6 Å². The fourth-order valence-electron chi connectivity index (χ4n) is 2.60. The first-order chi connectivity index (χ1) is 12.4. The lowest BCUT2D eigenvalue weighted by Crippen LogP contribution is -2.32. The van der Waals surface area contributed by atoms with Gasteiger partial charge in [0.05, 0.1) is 11.3 Å². The molecule has 1 aliphatic heterocycles. The summed E-state index contributed by atoms with van der Waals surface area (Å²) in [4.78, 5) is 20.2. The van der Waals surface area contributed by atoms with E-state index < -0.39 is 18.0 Å². The summed E-state index contributed by atoms with van der Waals surface area (Å²) in [5, 5.41) is 0.414. The van der Waals surface area contributed by atoms with Crippen molar-refractivity contribution in [3.63, 3.8) is 0 Å². The number of ketones is 1. The summed E-state index contributed by atoms with van der Waals surface area (Å²) in [5.41, 5.74) is 4.56. The average Bonchev–Trinajstić information content (AvgIpc) is 2.63. The molecule has 1 aromatic heterocycles.